The fraction of sp³-hybridized carbons (Fsp3) is 0.696. The normalized spacial score (nSPS) is 15.9. The molecule has 0 spiro atoms. The number of carboxylic acids is 1. The predicted molar refractivity (Wildman–Crippen MR) is 322 cm³/mol. The molecule has 34 heteroatoms. The molecule has 0 unspecified atom stereocenters. The Balaban J connectivity index is 2.11. The summed E-state index contributed by atoms with van der Waals surface area (Å²) in [5, 5.41) is 74.6. The summed E-state index contributed by atoms with van der Waals surface area (Å²) in [6, 6.07) is -14.4. The van der Waals surface area contributed by atoms with Gasteiger partial charge in [0.15, 0.2) is 6.04 Å². The Morgan fingerprint density at radius 3 is 1.37 bits per heavy atom. The van der Waals surface area contributed by atoms with E-state index in [0.717, 1.165) is 52.9 Å². The summed E-state index contributed by atoms with van der Waals surface area (Å²) >= 11 is 0. The lowest BCUT2D eigenvalue weighted by molar-refractivity contribution is -0.145. The summed E-state index contributed by atoms with van der Waals surface area (Å²) in [5.41, 5.74) is 0.675. The standard InChI is InChI=1S/C56H94N14O19S/c1-29(2)16-13-11-10-12-14-17-38(74)23-44(76)65-42(26-90(87,88)89)53(82)66-39(20-30(3)4)50(79)59-19-15-18-43(75)64-40(21-36-24-57-27-60-36)51(80)62-31(5)48(77)68-46(34(8)72)55(84)69-45(33(7)71)54(83)67-41(22-37-25-58-28-61-37)52(81)63-32(6)49(78)70-47(35(9)73)56(85)86/h24-25,27-35,38-42,45-47,71-74H,10-23,26H2,1-9H3,(H,57,60)(H,58,61)(H,59,79)(H,62,80)(H,63,81)(H,64,75)(H,65,76)(H,66,82)(H,67,83)(H,68,77)(H,69,84)(H,70,78)(H,85,86)(H,87,88,89)/t31-,32+,33+,34-,35+,38+,39-,40-,41-,42-,45-,46-,47+/m0/s1. The molecule has 2 heterocycles. The SMILES string of the molecule is CC(C)CCCCCCC[C@@H](O)CC(=O)N[C@@H](CS(=O)(=O)O)C(=O)N[C@@H](CC(C)C)C(=O)NCCCC(=O)N[C@@H](Cc1cnc[nH]1)C(=O)N[C@@H](C)C(=O)N[C@H](C(=O)N[C@H](C(=O)N[C@@H](Cc1cnc[nH]1)C(=O)N[C@H](C)C(=O)N[C@@H](C(=O)O)[C@@H](C)O)[C@@H](C)O)[C@H](C)O. The molecular weight excluding hydrogens is 1200 g/mol. The number of aliphatic hydroxyl groups is 4. The molecule has 2 rings (SSSR count). The van der Waals surface area contributed by atoms with Gasteiger partial charge in [0.2, 0.25) is 59.1 Å². The van der Waals surface area contributed by atoms with E-state index in [9.17, 15) is 91.2 Å². The smallest absolute Gasteiger partial charge is 0.328 e. The van der Waals surface area contributed by atoms with Crippen LogP contribution in [0.3, 0.4) is 0 Å². The number of nitrogens with zero attached hydrogens (tertiary/aromatic N) is 2. The van der Waals surface area contributed by atoms with Gasteiger partial charge in [-0.3, -0.25) is 52.5 Å². The lowest BCUT2D eigenvalue weighted by Crippen LogP contribution is -2.63. The molecule has 18 N–H and O–H groups in total. The van der Waals surface area contributed by atoms with E-state index in [4.69, 9.17) is 0 Å². The van der Waals surface area contributed by atoms with Crippen LogP contribution in [0.5, 0.6) is 0 Å². The maximum Gasteiger partial charge on any atom is 0.328 e. The van der Waals surface area contributed by atoms with E-state index in [0.29, 0.717) is 30.1 Å². The quantitative estimate of drug-likeness (QED) is 0.0226. The Hall–Kier alpha value is -7.66. The average Bonchev–Trinajstić information content (AvgIpc) is 1.47. The van der Waals surface area contributed by atoms with Gasteiger partial charge >= 0.3 is 5.97 Å². The fourth-order valence-electron chi connectivity index (χ4n) is 8.92. The van der Waals surface area contributed by atoms with Crippen molar-refractivity contribution in [3.05, 3.63) is 36.4 Å². The van der Waals surface area contributed by atoms with Crippen LogP contribution in [-0.4, -0.2) is 215 Å². The van der Waals surface area contributed by atoms with E-state index < -0.39 is 166 Å². The van der Waals surface area contributed by atoms with Crippen LogP contribution in [0.1, 0.15) is 144 Å². The van der Waals surface area contributed by atoms with Crippen LogP contribution in [0.15, 0.2) is 25.0 Å². The minimum Gasteiger partial charge on any atom is -0.480 e. The molecule has 0 aliphatic carbocycles. The minimum absolute atomic E-state index is 0.0238. The van der Waals surface area contributed by atoms with E-state index >= 15 is 0 Å². The highest BCUT2D eigenvalue weighted by Gasteiger charge is 2.37. The molecule has 0 aromatic carbocycles. The van der Waals surface area contributed by atoms with Crippen LogP contribution in [0.4, 0.5) is 0 Å². The zero-order chi connectivity index (χ0) is 68.0. The van der Waals surface area contributed by atoms with Crippen LogP contribution in [0.2, 0.25) is 0 Å². The van der Waals surface area contributed by atoms with E-state index in [2.05, 4.69) is 87.0 Å². The monoisotopic (exact) mass is 1300 g/mol. The molecule has 0 fully saturated rings. The summed E-state index contributed by atoms with van der Waals surface area (Å²) in [4.78, 5) is 159. The molecule has 0 bridgehead atoms. The largest absolute Gasteiger partial charge is 0.480 e. The second-order valence-corrected chi connectivity index (χ2v) is 24.8. The molecule has 0 radical (unpaired) electrons. The third kappa shape index (κ3) is 30.7. The number of aliphatic hydroxyl groups excluding tert-OH is 4. The third-order valence-electron chi connectivity index (χ3n) is 13.9. The first-order valence-corrected chi connectivity index (χ1v) is 31.5. The number of carboxylic acid groups (broad SMARTS) is 1. The number of carbonyl (C=O) groups is 11. The first-order chi connectivity index (χ1) is 42.1. The lowest BCUT2D eigenvalue weighted by Gasteiger charge is -2.28. The highest BCUT2D eigenvalue weighted by Crippen LogP contribution is 2.14. The number of nitrogens with one attached hydrogen (secondary N) is 12. The van der Waals surface area contributed by atoms with Gasteiger partial charge in [-0.1, -0.05) is 66.2 Å². The summed E-state index contributed by atoms with van der Waals surface area (Å²) in [5.74, 6) is -12.1. The Labute approximate surface area is 522 Å². The lowest BCUT2D eigenvalue weighted by atomic mass is 10.0. The molecule has 508 valence electrons. The first-order valence-electron chi connectivity index (χ1n) is 29.9. The number of aromatic amines is 2. The van der Waals surface area contributed by atoms with Crippen molar-refractivity contribution in [3.8, 4) is 0 Å². The van der Waals surface area contributed by atoms with Gasteiger partial charge in [-0.2, -0.15) is 8.42 Å². The van der Waals surface area contributed by atoms with Gasteiger partial charge in [0.05, 0.1) is 43.5 Å². The molecule has 0 saturated heterocycles. The Kier molecular flexibility index (Phi) is 34.4. The van der Waals surface area contributed by atoms with E-state index in [1.807, 2.05) is 0 Å². The van der Waals surface area contributed by atoms with Gasteiger partial charge in [0, 0.05) is 49.6 Å². The van der Waals surface area contributed by atoms with Gasteiger partial charge in [0.1, 0.15) is 54.1 Å². The topological polar surface area (TPSA) is 521 Å². The van der Waals surface area contributed by atoms with Crippen molar-refractivity contribution in [2.75, 3.05) is 12.3 Å². The number of unbranched alkanes of at least 4 members (excludes halogenated alkanes) is 4. The highest BCUT2D eigenvalue weighted by molar-refractivity contribution is 7.85. The zero-order valence-electron chi connectivity index (χ0n) is 52.4. The van der Waals surface area contributed by atoms with Gasteiger partial charge in [-0.25, -0.2) is 14.8 Å². The number of aromatic nitrogens is 4. The van der Waals surface area contributed by atoms with Gasteiger partial charge < -0.3 is 88.7 Å². The molecule has 33 nitrogen and oxygen atoms in total. The maximum atomic E-state index is 13.8. The van der Waals surface area contributed by atoms with E-state index in [1.54, 1.807) is 13.8 Å². The zero-order valence-corrected chi connectivity index (χ0v) is 53.2. The van der Waals surface area contributed by atoms with E-state index in [1.165, 1.54) is 38.9 Å². The summed E-state index contributed by atoms with van der Waals surface area (Å²) in [7, 11) is -4.84. The van der Waals surface area contributed by atoms with Crippen molar-refractivity contribution in [1.29, 1.82) is 0 Å². The molecular formula is C56H94N14O19S. The Bertz CT molecular complexity index is 2750. The molecule has 0 saturated carbocycles. The van der Waals surface area contributed by atoms with Crippen molar-refractivity contribution in [2.24, 2.45) is 11.8 Å². The van der Waals surface area contributed by atoms with Gasteiger partial charge in [-0.05, 0) is 65.7 Å². The second-order valence-electron chi connectivity index (χ2n) is 23.3. The van der Waals surface area contributed by atoms with Crippen molar-refractivity contribution in [1.82, 2.24) is 73.1 Å². The van der Waals surface area contributed by atoms with Crippen LogP contribution in [0.25, 0.3) is 0 Å². The average molecular weight is 1300 g/mol. The number of rotatable bonds is 43. The number of imidazole rings is 2. The van der Waals surface area contributed by atoms with Crippen molar-refractivity contribution < 1.29 is 91.2 Å². The molecule has 0 aliphatic rings. The molecule has 2 aromatic heterocycles. The first kappa shape index (κ1) is 78.4. The number of hydrogen-bond donors (Lipinski definition) is 18. The van der Waals surface area contributed by atoms with Crippen molar-refractivity contribution in [3.63, 3.8) is 0 Å². The second kappa shape index (κ2) is 39.5. The van der Waals surface area contributed by atoms with E-state index in [-0.39, 0.29) is 44.6 Å². The van der Waals surface area contributed by atoms with Crippen LogP contribution >= 0.6 is 0 Å². The van der Waals surface area contributed by atoms with Gasteiger partial charge in [0.25, 0.3) is 10.1 Å². The van der Waals surface area contributed by atoms with Crippen LogP contribution in [0, 0.1) is 11.8 Å². The summed E-state index contributed by atoms with van der Waals surface area (Å²) in [6.07, 6.45) is 4.10. The molecule has 90 heavy (non-hydrogen) atoms. The highest BCUT2D eigenvalue weighted by atomic mass is 32.2. The Morgan fingerprint density at radius 1 is 0.478 bits per heavy atom. The van der Waals surface area contributed by atoms with Gasteiger partial charge in [-0.15, -0.1) is 0 Å². The number of aliphatic carboxylic acids is 1. The molecule has 2 aromatic rings. The van der Waals surface area contributed by atoms with Crippen LogP contribution in [-0.2, 0) is 75.7 Å². The number of H-pyrrole nitrogens is 2. The minimum atomic E-state index is -4.84. The molecule has 0 aliphatic heterocycles. The van der Waals surface area contributed by atoms with Crippen molar-refractivity contribution in [2.45, 2.75) is 225 Å². The predicted octanol–water partition coefficient (Wildman–Crippen LogP) is -3.48. The Morgan fingerprint density at radius 2 is 0.911 bits per heavy atom. The fourth-order valence-corrected chi connectivity index (χ4v) is 9.58. The number of amides is 10. The number of carbonyl (C=O) groups excluding carboxylic acids is 10. The van der Waals surface area contributed by atoms with Crippen molar-refractivity contribution >= 4 is 75.2 Å². The van der Waals surface area contributed by atoms with Crippen LogP contribution < -0.4 is 53.2 Å². The number of hydrogen-bond acceptors (Lipinski definition) is 19. The summed E-state index contributed by atoms with van der Waals surface area (Å²) in [6.45, 7) is 13.4. The maximum absolute atomic E-state index is 13.8. The third-order valence-corrected chi connectivity index (χ3v) is 14.7. The molecule has 13 atom stereocenters. The summed E-state index contributed by atoms with van der Waals surface area (Å²) < 4.78 is 33.5. The molecule has 10 amide bonds.